The van der Waals surface area contributed by atoms with Crippen molar-refractivity contribution in [3.8, 4) is 11.3 Å². The number of carbonyl (C=O) groups excluding carboxylic acids is 1. The summed E-state index contributed by atoms with van der Waals surface area (Å²) in [5, 5.41) is 9.45. The summed E-state index contributed by atoms with van der Waals surface area (Å²) >= 11 is 1.31. The Kier molecular flexibility index (Phi) is 10.6. The molecule has 2 aromatic heterocycles. The summed E-state index contributed by atoms with van der Waals surface area (Å²) in [6.07, 6.45) is 0.423. The number of nitrogens with zero attached hydrogens (tertiary/aromatic N) is 7. The van der Waals surface area contributed by atoms with Crippen LogP contribution < -0.4 is 4.90 Å². The molecule has 0 aliphatic carbocycles. The van der Waals surface area contributed by atoms with Crippen LogP contribution in [-0.2, 0) is 23.9 Å². The summed E-state index contributed by atoms with van der Waals surface area (Å²) in [6, 6.07) is 3.75. The Morgan fingerprint density at radius 1 is 1.13 bits per heavy atom. The summed E-state index contributed by atoms with van der Waals surface area (Å²) < 4.78 is 41.3. The lowest BCUT2D eigenvalue weighted by molar-refractivity contribution is -0.138. The molecule has 1 N–H and O–H groups in total. The number of likely N-dealkylation sites (tertiary alicyclic amines) is 1. The van der Waals surface area contributed by atoms with Crippen LogP contribution in [-0.4, -0.2) is 86.4 Å². The van der Waals surface area contributed by atoms with Crippen molar-refractivity contribution in [3.05, 3.63) is 63.2 Å². The van der Waals surface area contributed by atoms with Gasteiger partial charge in [-0.05, 0) is 56.0 Å². The SMILES string of the molecule is [C-]#[N+]c1cc(-c2nc(CC(=O)c3cnc(N4CCN(CCC(=O)O)[C@H](C)C4)cn3)sc2CN2CCCC2C(C)C)cc(C(F)(F)F)c1. The van der Waals surface area contributed by atoms with Crippen LogP contribution in [0.4, 0.5) is 24.7 Å². The summed E-state index contributed by atoms with van der Waals surface area (Å²) in [5.41, 5.74) is -0.308. The molecule has 4 heterocycles. The molecule has 3 aromatic rings. The zero-order valence-corrected chi connectivity index (χ0v) is 27.4. The van der Waals surface area contributed by atoms with Crippen LogP contribution in [0.15, 0.2) is 30.6 Å². The van der Waals surface area contributed by atoms with Crippen molar-refractivity contribution in [1.29, 1.82) is 0 Å². The van der Waals surface area contributed by atoms with E-state index in [1.54, 1.807) is 6.20 Å². The van der Waals surface area contributed by atoms with Crippen LogP contribution in [0.3, 0.4) is 0 Å². The maximum absolute atomic E-state index is 13.8. The number of benzene rings is 1. The lowest BCUT2D eigenvalue weighted by Gasteiger charge is -2.40. The van der Waals surface area contributed by atoms with E-state index in [0.717, 1.165) is 36.4 Å². The second kappa shape index (κ2) is 14.5. The average molecular weight is 670 g/mol. The summed E-state index contributed by atoms with van der Waals surface area (Å²) in [5.74, 6) is -0.111. The highest BCUT2D eigenvalue weighted by Gasteiger charge is 2.33. The lowest BCUT2D eigenvalue weighted by atomic mass is 10.0. The molecule has 2 fully saturated rings. The van der Waals surface area contributed by atoms with Gasteiger partial charge < -0.3 is 10.0 Å². The number of thiazole rings is 1. The Hall–Kier alpha value is -3.93. The number of ketones is 1. The van der Waals surface area contributed by atoms with E-state index in [1.807, 2.05) is 6.92 Å². The first-order chi connectivity index (χ1) is 22.3. The first-order valence-corrected chi connectivity index (χ1v) is 16.5. The first-order valence-electron chi connectivity index (χ1n) is 15.7. The third-order valence-electron chi connectivity index (χ3n) is 8.86. The standard InChI is InChI=1S/C33H38F3N7O3S/c1-20(2)26-6-5-8-42(26)19-28-32(22-12-23(33(34,35)36)14-24(13-22)37-4)40-30(47-28)15-27(44)25-16-39-29(17-38-25)43-11-10-41(21(3)18-43)9-7-31(45)46/h12-14,16-17,20-21,26H,5-11,15,18-19H2,1-3H3,(H,45,46)/t21-,26?/m1/s1. The van der Waals surface area contributed by atoms with Crippen molar-refractivity contribution < 1.29 is 27.9 Å². The van der Waals surface area contributed by atoms with Crippen molar-refractivity contribution in [2.75, 3.05) is 37.6 Å². The number of carbonyl (C=O) groups is 2. The van der Waals surface area contributed by atoms with Gasteiger partial charge >= 0.3 is 12.1 Å². The molecular formula is C33H38F3N7O3S. The van der Waals surface area contributed by atoms with Gasteiger partial charge in [-0.15, -0.1) is 11.3 Å². The Labute approximate surface area is 276 Å². The van der Waals surface area contributed by atoms with Crippen LogP contribution in [0.25, 0.3) is 16.1 Å². The molecule has 47 heavy (non-hydrogen) atoms. The van der Waals surface area contributed by atoms with Gasteiger partial charge in [0.1, 0.15) is 16.5 Å². The predicted molar refractivity (Wildman–Crippen MR) is 173 cm³/mol. The predicted octanol–water partition coefficient (Wildman–Crippen LogP) is 6.20. The molecule has 14 heteroatoms. The van der Waals surface area contributed by atoms with Crippen molar-refractivity contribution in [2.45, 2.75) is 71.3 Å². The van der Waals surface area contributed by atoms with E-state index in [0.29, 0.717) is 61.2 Å². The highest BCUT2D eigenvalue weighted by Crippen LogP contribution is 2.39. The van der Waals surface area contributed by atoms with Crippen LogP contribution >= 0.6 is 11.3 Å². The smallest absolute Gasteiger partial charge is 0.415 e. The third kappa shape index (κ3) is 8.33. The van der Waals surface area contributed by atoms with Crippen LogP contribution in [0.2, 0.25) is 0 Å². The number of anilines is 1. The van der Waals surface area contributed by atoms with Gasteiger partial charge in [0, 0.05) is 55.2 Å². The second-order valence-corrected chi connectivity index (χ2v) is 13.7. The van der Waals surface area contributed by atoms with Crippen molar-refractivity contribution in [1.82, 2.24) is 24.8 Å². The Bertz CT molecular complexity index is 1640. The van der Waals surface area contributed by atoms with Crippen molar-refractivity contribution in [2.24, 2.45) is 5.92 Å². The number of rotatable bonds is 11. The minimum Gasteiger partial charge on any atom is -0.481 e. The van der Waals surface area contributed by atoms with Gasteiger partial charge in [-0.2, -0.15) is 13.2 Å². The van der Waals surface area contributed by atoms with E-state index >= 15 is 0 Å². The summed E-state index contributed by atoms with van der Waals surface area (Å²) in [4.78, 5) is 48.4. The van der Waals surface area contributed by atoms with Gasteiger partial charge in [-0.25, -0.2) is 19.8 Å². The molecule has 0 amide bonds. The number of alkyl halides is 3. The van der Waals surface area contributed by atoms with Crippen LogP contribution in [0.5, 0.6) is 0 Å². The van der Waals surface area contributed by atoms with Gasteiger partial charge in [0.2, 0.25) is 0 Å². The number of halogens is 3. The molecule has 2 atom stereocenters. The van der Waals surface area contributed by atoms with E-state index in [2.05, 4.69) is 43.4 Å². The highest BCUT2D eigenvalue weighted by atomic mass is 32.1. The molecule has 0 saturated carbocycles. The molecule has 2 aliphatic heterocycles. The minimum absolute atomic E-state index is 0.0851. The largest absolute Gasteiger partial charge is 0.481 e. The molecule has 5 rings (SSSR count). The molecule has 0 spiro atoms. The molecule has 2 saturated heterocycles. The van der Waals surface area contributed by atoms with Crippen LogP contribution in [0.1, 0.15) is 66.0 Å². The number of hydrogen-bond donors (Lipinski definition) is 1. The Morgan fingerprint density at radius 2 is 1.91 bits per heavy atom. The Balaban J connectivity index is 1.36. The number of aromatic nitrogens is 3. The highest BCUT2D eigenvalue weighted by molar-refractivity contribution is 7.12. The Morgan fingerprint density at radius 3 is 2.55 bits per heavy atom. The van der Waals surface area contributed by atoms with E-state index < -0.39 is 17.7 Å². The van der Waals surface area contributed by atoms with Gasteiger partial charge in [0.15, 0.2) is 11.5 Å². The topological polar surface area (TPSA) is 107 Å². The van der Waals surface area contributed by atoms with Crippen molar-refractivity contribution in [3.63, 3.8) is 0 Å². The lowest BCUT2D eigenvalue weighted by Crippen LogP contribution is -2.52. The van der Waals surface area contributed by atoms with Gasteiger partial charge in [-0.3, -0.25) is 19.4 Å². The molecule has 1 aromatic carbocycles. The van der Waals surface area contributed by atoms with E-state index in [4.69, 9.17) is 16.7 Å². The van der Waals surface area contributed by atoms with Gasteiger partial charge in [0.25, 0.3) is 0 Å². The zero-order chi connectivity index (χ0) is 33.9. The van der Waals surface area contributed by atoms with Gasteiger partial charge in [0.05, 0.1) is 37.5 Å². The van der Waals surface area contributed by atoms with Gasteiger partial charge in [-0.1, -0.05) is 13.8 Å². The number of carboxylic acids is 1. The fourth-order valence-electron chi connectivity index (χ4n) is 6.40. The molecule has 2 aliphatic rings. The van der Waals surface area contributed by atoms with Crippen molar-refractivity contribution >= 4 is 34.6 Å². The molecular weight excluding hydrogens is 631 g/mol. The monoisotopic (exact) mass is 669 g/mol. The molecule has 10 nitrogen and oxygen atoms in total. The molecule has 250 valence electrons. The summed E-state index contributed by atoms with van der Waals surface area (Å²) in [7, 11) is 0. The maximum Gasteiger partial charge on any atom is 0.415 e. The normalized spacial score (nSPS) is 19.3. The van der Waals surface area contributed by atoms with E-state index in [1.165, 1.54) is 23.6 Å². The second-order valence-electron chi connectivity index (χ2n) is 12.5. The fourth-order valence-corrected chi connectivity index (χ4v) is 7.52. The average Bonchev–Trinajstić information content (AvgIpc) is 3.67. The zero-order valence-electron chi connectivity index (χ0n) is 26.6. The third-order valence-corrected chi connectivity index (χ3v) is 9.90. The first kappa shape index (κ1) is 34.4. The molecule has 0 bridgehead atoms. The van der Waals surface area contributed by atoms with E-state index in [-0.39, 0.29) is 41.6 Å². The number of hydrogen-bond acceptors (Lipinski definition) is 9. The maximum atomic E-state index is 13.8. The summed E-state index contributed by atoms with van der Waals surface area (Å²) in [6.45, 7) is 17.5. The quantitative estimate of drug-likeness (QED) is 0.189. The fraction of sp³-hybridized carbons (Fsp3) is 0.515. The molecule has 0 radical (unpaired) electrons. The molecule has 1 unspecified atom stereocenters. The number of piperazine rings is 1. The van der Waals surface area contributed by atoms with E-state index in [9.17, 15) is 22.8 Å². The number of aliphatic carboxylic acids is 1. The minimum atomic E-state index is -4.63. The van der Waals surface area contributed by atoms with Crippen LogP contribution in [0, 0.1) is 12.5 Å². The number of carboxylic acid groups (broad SMARTS) is 1. The number of Topliss-reactive ketones (excluding diaryl/α,β-unsaturated/α-hetero) is 1.